The molecule has 2 N–H and O–H groups in total. The number of aryl methyl sites for hydroxylation is 1. The van der Waals surface area contributed by atoms with Gasteiger partial charge in [-0.15, -0.1) is 0 Å². The highest BCUT2D eigenvalue weighted by Crippen LogP contribution is 2.36. The molecule has 146 valence electrons. The van der Waals surface area contributed by atoms with E-state index in [2.05, 4.69) is 41.2 Å². The number of hydrogen-bond acceptors (Lipinski definition) is 3. The third-order valence-corrected chi connectivity index (χ3v) is 6.12. The summed E-state index contributed by atoms with van der Waals surface area (Å²) in [5, 5.41) is 4.28. The molecule has 1 saturated carbocycles. The fourth-order valence-corrected chi connectivity index (χ4v) is 4.59. The molecule has 1 amide bonds. The predicted octanol–water partition coefficient (Wildman–Crippen LogP) is 3.75. The van der Waals surface area contributed by atoms with E-state index in [0.29, 0.717) is 11.8 Å². The van der Waals surface area contributed by atoms with Crippen molar-refractivity contribution in [1.29, 1.82) is 0 Å². The van der Waals surface area contributed by atoms with Crippen LogP contribution >= 0.6 is 0 Å². The second-order valence-corrected chi connectivity index (χ2v) is 8.63. The number of aromatic nitrogens is 1. The highest BCUT2D eigenvalue weighted by molar-refractivity contribution is 6.28. The summed E-state index contributed by atoms with van der Waals surface area (Å²) in [6, 6.07) is 0. The lowest BCUT2D eigenvalue weighted by atomic mass is 9.93. The fraction of sp³-hybridized carbons (Fsp3) is 0.636. The predicted molar refractivity (Wildman–Crippen MR) is 110 cm³/mol. The molecule has 3 heterocycles. The van der Waals surface area contributed by atoms with Gasteiger partial charge >= 0.3 is 0 Å². The van der Waals surface area contributed by atoms with Crippen molar-refractivity contribution in [2.75, 3.05) is 19.6 Å². The van der Waals surface area contributed by atoms with Gasteiger partial charge in [-0.25, -0.2) is 5.43 Å². The highest BCUT2D eigenvalue weighted by Gasteiger charge is 2.36. The standard InChI is InChI=1S/C22H32N4O/c1-14(2)20-17(7-6-12-26-10-4-5-11-26)15(3)23-19(20)13-18-21(16-8-9-16)24-25-22(18)27/h13-14,16,23H,4-12H2,1-3H3,(H,25,27). The normalized spacial score (nSPS) is 22.1. The summed E-state index contributed by atoms with van der Waals surface area (Å²) in [7, 11) is 0. The van der Waals surface area contributed by atoms with E-state index in [9.17, 15) is 4.79 Å². The molecule has 0 spiro atoms. The van der Waals surface area contributed by atoms with Gasteiger partial charge in [-0.05, 0) is 88.2 Å². The summed E-state index contributed by atoms with van der Waals surface area (Å²) in [6.45, 7) is 10.4. The van der Waals surface area contributed by atoms with Crippen LogP contribution in [0.3, 0.4) is 0 Å². The summed E-state index contributed by atoms with van der Waals surface area (Å²) in [6.07, 6.45) is 9.35. The van der Waals surface area contributed by atoms with Gasteiger partial charge in [0.05, 0.1) is 11.3 Å². The third-order valence-electron chi connectivity index (χ3n) is 6.12. The number of nitrogens with zero attached hydrogens (tertiary/aromatic N) is 2. The van der Waals surface area contributed by atoms with Crippen molar-refractivity contribution < 1.29 is 4.79 Å². The average Bonchev–Trinajstić information content (AvgIpc) is 3.06. The number of likely N-dealkylation sites (tertiary alicyclic amines) is 1. The Morgan fingerprint density at radius 2 is 2.00 bits per heavy atom. The Bertz CT molecular complexity index is 776. The molecule has 0 bridgehead atoms. The smallest absolute Gasteiger partial charge is 0.273 e. The Balaban J connectivity index is 1.56. The number of nitrogens with one attached hydrogen (secondary N) is 2. The van der Waals surface area contributed by atoms with Gasteiger partial charge in [0.25, 0.3) is 5.91 Å². The molecule has 5 nitrogen and oxygen atoms in total. The Morgan fingerprint density at radius 3 is 2.67 bits per heavy atom. The van der Waals surface area contributed by atoms with E-state index in [-0.39, 0.29) is 5.91 Å². The van der Waals surface area contributed by atoms with E-state index in [1.54, 1.807) is 0 Å². The monoisotopic (exact) mass is 368 g/mol. The number of H-pyrrole nitrogens is 1. The number of amides is 1. The molecule has 4 rings (SSSR count). The molecule has 0 aromatic carbocycles. The molecular weight excluding hydrogens is 336 g/mol. The van der Waals surface area contributed by atoms with Crippen LogP contribution in [0.25, 0.3) is 6.08 Å². The van der Waals surface area contributed by atoms with E-state index < -0.39 is 0 Å². The van der Waals surface area contributed by atoms with E-state index in [1.165, 1.54) is 55.7 Å². The van der Waals surface area contributed by atoms with Crippen LogP contribution in [-0.4, -0.2) is 41.1 Å². The minimum atomic E-state index is -0.0607. The van der Waals surface area contributed by atoms with Gasteiger partial charge in [-0.3, -0.25) is 4.79 Å². The number of carbonyl (C=O) groups is 1. The molecule has 3 aliphatic rings. The molecule has 1 aromatic rings. The lowest BCUT2D eigenvalue weighted by Gasteiger charge is -2.15. The molecule has 2 fully saturated rings. The van der Waals surface area contributed by atoms with Crippen LogP contribution in [-0.2, 0) is 11.2 Å². The molecule has 1 aromatic heterocycles. The Kier molecular flexibility index (Phi) is 5.22. The van der Waals surface area contributed by atoms with Crippen LogP contribution < -0.4 is 5.43 Å². The zero-order valence-electron chi connectivity index (χ0n) is 16.9. The largest absolute Gasteiger partial charge is 0.359 e. The molecule has 0 atom stereocenters. The summed E-state index contributed by atoms with van der Waals surface area (Å²) in [5.41, 5.74) is 9.53. The van der Waals surface area contributed by atoms with Crippen molar-refractivity contribution >= 4 is 17.7 Å². The first kappa shape index (κ1) is 18.5. The lowest BCUT2D eigenvalue weighted by Crippen LogP contribution is -2.20. The SMILES string of the molecule is Cc1[nH]c(C=C2C(=O)NN=C2C2CC2)c(C(C)C)c1CCCN1CCCC1. The van der Waals surface area contributed by atoms with Gasteiger partial charge in [0.15, 0.2) is 0 Å². The Hall–Kier alpha value is -1.88. The zero-order chi connectivity index (χ0) is 19.0. The number of hydrazone groups is 1. The first-order chi connectivity index (χ1) is 13.0. The Morgan fingerprint density at radius 1 is 1.26 bits per heavy atom. The van der Waals surface area contributed by atoms with Crippen LogP contribution in [0.15, 0.2) is 10.7 Å². The third kappa shape index (κ3) is 3.88. The van der Waals surface area contributed by atoms with Crippen molar-refractivity contribution in [3.63, 3.8) is 0 Å². The van der Waals surface area contributed by atoms with Gasteiger partial charge in [0, 0.05) is 17.3 Å². The maximum absolute atomic E-state index is 12.3. The van der Waals surface area contributed by atoms with Crippen molar-refractivity contribution in [3.8, 4) is 0 Å². The summed E-state index contributed by atoms with van der Waals surface area (Å²) in [5.74, 6) is 0.831. The van der Waals surface area contributed by atoms with Crippen LogP contribution in [0.2, 0.25) is 0 Å². The van der Waals surface area contributed by atoms with Crippen LogP contribution in [0, 0.1) is 12.8 Å². The highest BCUT2D eigenvalue weighted by atomic mass is 16.2. The summed E-state index contributed by atoms with van der Waals surface area (Å²) >= 11 is 0. The molecule has 0 unspecified atom stereocenters. The van der Waals surface area contributed by atoms with E-state index in [0.717, 1.165) is 36.2 Å². The number of aromatic amines is 1. The van der Waals surface area contributed by atoms with E-state index in [1.807, 2.05) is 6.08 Å². The van der Waals surface area contributed by atoms with E-state index in [4.69, 9.17) is 0 Å². The van der Waals surface area contributed by atoms with Crippen molar-refractivity contribution in [3.05, 3.63) is 28.1 Å². The first-order valence-corrected chi connectivity index (χ1v) is 10.6. The Labute approximate surface area is 162 Å². The number of rotatable bonds is 7. The second-order valence-electron chi connectivity index (χ2n) is 8.63. The molecule has 0 radical (unpaired) electrons. The maximum Gasteiger partial charge on any atom is 0.273 e. The first-order valence-electron chi connectivity index (χ1n) is 10.6. The van der Waals surface area contributed by atoms with Crippen molar-refractivity contribution in [1.82, 2.24) is 15.3 Å². The lowest BCUT2D eigenvalue weighted by molar-refractivity contribution is -0.116. The van der Waals surface area contributed by atoms with Crippen molar-refractivity contribution in [2.24, 2.45) is 11.0 Å². The molecule has 1 saturated heterocycles. The summed E-state index contributed by atoms with van der Waals surface area (Å²) in [4.78, 5) is 18.5. The molecular formula is C22H32N4O. The van der Waals surface area contributed by atoms with Gasteiger partial charge in [0.1, 0.15) is 0 Å². The quantitative estimate of drug-likeness (QED) is 0.720. The topological polar surface area (TPSA) is 60.5 Å². The van der Waals surface area contributed by atoms with Crippen molar-refractivity contribution in [2.45, 2.75) is 65.2 Å². The van der Waals surface area contributed by atoms with Crippen LogP contribution in [0.4, 0.5) is 0 Å². The summed E-state index contributed by atoms with van der Waals surface area (Å²) < 4.78 is 0. The van der Waals surface area contributed by atoms with Gasteiger partial charge in [-0.2, -0.15) is 5.10 Å². The molecule has 1 aliphatic carbocycles. The minimum absolute atomic E-state index is 0.0607. The zero-order valence-corrected chi connectivity index (χ0v) is 16.9. The van der Waals surface area contributed by atoms with E-state index >= 15 is 0 Å². The van der Waals surface area contributed by atoms with Gasteiger partial charge < -0.3 is 9.88 Å². The molecule has 2 aliphatic heterocycles. The van der Waals surface area contributed by atoms with Crippen LogP contribution in [0.1, 0.15) is 74.4 Å². The maximum atomic E-state index is 12.3. The van der Waals surface area contributed by atoms with Gasteiger partial charge in [0.2, 0.25) is 0 Å². The number of hydrogen-bond donors (Lipinski definition) is 2. The second kappa shape index (κ2) is 7.63. The van der Waals surface area contributed by atoms with Crippen LogP contribution in [0.5, 0.6) is 0 Å². The van der Waals surface area contributed by atoms with Gasteiger partial charge in [-0.1, -0.05) is 13.8 Å². The number of carbonyl (C=O) groups excluding carboxylic acids is 1. The molecule has 27 heavy (non-hydrogen) atoms. The average molecular weight is 369 g/mol. The fourth-order valence-electron chi connectivity index (χ4n) is 4.59. The minimum Gasteiger partial charge on any atom is -0.359 e. The molecule has 5 heteroatoms.